The number of aliphatic hydroxyl groups is 2. The van der Waals surface area contributed by atoms with Crippen molar-refractivity contribution >= 4 is 24.8 Å². The lowest BCUT2D eigenvalue weighted by atomic mass is 10.3. The van der Waals surface area contributed by atoms with E-state index < -0.39 is 6.10 Å². The number of nitrogens with zero attached hydrogens (tertiary/aromatic N) is 1. The molecule has 88 valence electrons. The molecule has 1 heterocycles. The van der Waals surface area contributed by atoms with Crippen LogP contribution >= 0.6 is 24.8 Å². The molecule has 0 aromatic carbocycles. The maximum atomic E-state index is 9.19. The third-order valence-corrected chi connectivity index (χ3v) is 2.11. The molecule has 0 spiro atoms. The van der Waals surface area contributed by atoms with E-state index in [0.29, 0.717) is 6.54 Å². The van der Waals surface area contributed by atoms with Gasteiger partial charge in [0.15, 0.2) is 0 Å². The van der Waals surface area contributed by atoms with Crippen LogP contribution in [0.5, 0.6) is 0 Å². The minimum atomic E-state index is -0.580. The maximum absolute atomic E-state index is 9.19. The van der Waals surface area contributed by atoms with Crippen LogP contribution in [0.3, 0.4) is 0 Å². The average molecular weight is 247 g/mol. The van der Waals surface area contributed by atoms with Crippen molar-refractivity contribution in [1.82, 2.24) is 10.2 Å². The molecule has 1 unspecified atom stereocenters. The molecule has 1 atom stereocenters. The van der Waals surface area contributed by atoms with Gasteiger partial charge in [-0.2, -0.15) is 0 Å². The lowest BCUT2D eigenvalue weighted by Gasteiger charge is -2.21. The summed E-state index contributed by atoms with van der Waals surface area (Å²) < 4.78 is 0. The molecule has 6 heteroatoms. The van der Waals surface area contributed by atoms with Gasteiger partial charge in [0.2, 0.25) is 0 Å². The second kappa shape index (κ2) is 9.96. The first kappa shape index (κ1) is 16.8. The molecule has 0 amide bonds. The molecule has 1 saturated heterocycles. The summed E-state index contributed by atoms with van der Waals surface area (Å²) in [6, 6.07) is 0. The molecule has 1 aliphatic rings. The molecule has 1 rings (SSSR count). The molecule has 14 heavy (non-hydrogen) atoms. The molecule has 0 saturated carbocycles. The van der Waals surface area contributed by atoms with Gasteiger partial charge >= 0.3 is 0 Å². The maximum Gasteiger partial charge on any atom is 0.0897 e. The highest BCUT2D eigenvalue weighted by molar-refractivity contribution is 5.85. The van der Waals surface area contributed by atoms with Crippen LogP contribution < -0.4 is 5.32 Å². The van der Waals surface area contributed by atoms with Crippen molar-refractivity contribution in [2.75, 3.05) is 39.3 Å². The predicted molar refractivity (Wildman–Crippen MR) is 61.5 cm³/mol. The summed E-state index contributed by atoms with van der Waals surface area (Å²) in [5.74, 6) is 0. The van der Waals surface area contributed by atoms with Crippen molar-refractivity contribution in [2.45, 2.75) is 12.5 Å². The summed E-state index contributed by atoms with van der Waals surface area (Å²) in [7, 11) is 0. The van der Waals surface area contributed by atoms with Gasteiger partial charge in [-0.1, -0.05) is 0 Å². The van der Waals surface area contributed by atoms with E-state index in [1.807, 2.05) is 0 Å². The zero-order valence-electron chi connectivity index (χ0n) is 8.19. The van der Waals surface area contributed by atoms with E-state index in [1.165, 1.54) is 0 Å². The number of halogens is 2. The lowest BCUT2D eigenvalue weighted by Crippen LogP contribution is -2.36. The van der Waals surface area contributed by atoms with Crippen LogP contribution in [-0.2, 0) is 0 Å². The average Bonchev–Trinajstić information content (AvgIpc) is 2.33. The topological polar surface area (TPSA) is 55.7 Å². The first-order valence-corrected chi connectivity index (χ1v) is 4.55. The van der Waals surface area contributed by atoms with Gasteiger partial charge in [0.05, 0.1) is 12.7 Å². The van der Waals surface area contributed by atoms with E-state index in [0.717, 1.165) is 32.6 Å². The molecule has 1 aliphatic heterocycles. The molecule has 4 nitrogen and oxygen atoms in total. The largest absolute Gasteiger partial charge is 0.394 e. The van der Waals surface area contributed by atoms with Gasteiger partial charge in [-0.15, -0.1) is 24.8 Å². The van der Waals surface area contributed by atoms with Gasteiger partial charge in [-0.3, -0.25) is 4.90 Å². The van der Waals surface area contributed by atoms with Gasteiger partial charge in [0, 0.05) is 19.6 Å². The molecule has 1 fully saturated rings. The number of hydrogen-bond donors (Lipinski definition) is 3. The Morgan fingerprint density at radius 1 is 1.21 bits per heavy atom. The van der Waals surface area contributed by atoms with Crippen LogP contribution in [0.15, 0.2) is 0 Å². The number of β-amino-alcohol motifs (C(OH)–C–C–N with tert-alkyl or cyclic N) is 1. The third-order valence-electron chi connectivity index (χ3n) is 2.11. The molecule has 0 bridgehead atoms. The fourth-order valence-electron chi connectivity index (χ4n) is 1.44. The van der Waals surface area contributed by atoms with Gasteiger partial charge in [0.1, 0.15) is 0 Å². The van der Waals surface area contributed by atoms with Crippen LogP contribution in [0.25, 0.3) is 0 Å². The normalized spacial score (nSPS) is 20.1. The van der Waals surface area contributed by atoms with Crippen molar-refractivity contribution < 1.29 is 10.2 Å². The van der Waals surface area contributed by atoms with E-state index in [2.05, 4.69) is 10.2 Å². The summed E-state index contributed by atoms with van der Waals surface area (Å²) in [6.45, 7) is 4.49. The molecular formula is C8H20Cl2N2O2. The molecule has 0 aromatic heterocycles. The minimum absolute atomic E-state index is 0. The Morgan fingerprint density at radius 2 is 1.93 bits per heavy atom. The van der Waals surface area contributed by atoms with Crippen LogP contribution in [0.1, 0.15) is 6.42 Å². The molecule has 3 N–H and O–H groups in total. The van der Waals surface area contributed by atoms with Crippen molar-refractivity contribution in [3.63, 3.8) is 0 Å². The Bertz CT molecular complexity index is 122. The fraction of sp³-hybridized carbons (Fsp3) is 1.00. The van der Waals surface area contributed by atoms with Crippen LogP contribution in [0.2, 0.25) is 0 Å². The highest BCUT2D eigenvalue weighted by Gasteiger charge is 2.11. The molecule has 0 aliphatic carbocycles. The van der Waals surface area contributed by atoms with Crippen molar-refractivity contribution in [3.05, 3.63) is 0 Å². The summed E-state index contributed by atoms with van der Waals surface area (Å²) in [5.41, 5.74) is 0. The van der Waals surface area contributed by atoms with E-state index in [1.54, 1.807) is 0 Å². The van der Waals surface area contributed by atoms with Crippen LogP contribution in [-0.4, -0.2) is 60.5 Å². The Balaban J connectivity index is 0. The third kappa shape index (κ3) is 6.81. The zero-order chi connectivity index (χ0) is 8.81. The number of nitrogens with one attached hydrogen (secondary N) is 1. The summed E-state index contributed by atoms with van der Waals surface area (Å²) in [5, 5.41) is 21.1. The molecular weight excluding hydrogens is 227 g/mol. The van der Waals surface area contributed by atoms with Crippen molar-refractivity contribution in [2.24, 2.45) is 0 Å². The second-order valence-electron chi connectivity index (χ2n) is 3.24. The quantitative estimate of drug-likeness (QED) is 0.628. The first-order valence-electron chi connectivity index (χ1n) is 4.55. The summed E-state index contributed by atoms with van der Waals surface area (Å²) in [6.07, 6.45) is 0.543. The van der Waals surface area contributed by atoms with Gasteiger partial charge in [-0.05, 0) is 19.5 Å². The Hall–Kier alpha value is 0.420. The zero-order valence-corrected chi connectivity index (χ0v) is 9.82. The Kier molecular flexibility index (Phi) is 12.0. The van der Waals surface area contributed by atoms with Gasteiger partial charge in [-0.25, -0.2) is 0 Å². The highest BCUT2D eigenvalue weighted by atomic mass is 35.5. The van der Waals surface area contributed by atoms with Crippen LogP contribution in [0.4, 0.5) is 0 Å². The van der Waals surface area contributed by atoms with E-state index in [-0.39, 0.29) is 31.4 Å². The fourth-order valence-corrected chi connectivity index (χ4v) is 1.44. The Morgan fingerprint density at radius 3 is 2.57 bits per heavy atom. The second-order valence-corrected chi connectivity index (χ2v) is 3.24. The van der Waals surface area contributed by atoms with E-state index in [9.17, 15) is 5.11 Å². The number of hydrogen-bond acceptors (Lipinski definition) is 4. The van der Waals surface area contributed by atoms with Crippen molar-refractivity contribution in [3.8, 4) is 0 Å². The van der Waals surface area contributed by atoms with E-state index >= 15 is 0 Å². The number of aliphatic hydroxyl groups excluding tert-OH is 2. The van der Waals surface area contributed by atoms with Crippen LogP contribution in [0, 0.1) is 0 Å². The summed E-state index contributed by atoms with van der Waals surface area (Å²) in [4.78, 5) is 2.18. The lowest BCUT2D eigenvalue weighted by molar-refractivity contribution is 0.0611. The summed E-state index contributed by atoms with van der Waals surface area (Å²) >= 11 is 0. The smallest absolute Gasteiger partial charge is 0.0897 e. The van der Waals surface area contributed by atoms with E-state index in [4.69, 9.17) is 5.11 Å². The van der Waals surface area contributed by atoms with Gasteiger partial charge in [0.25, 0.3) is 0 Å². The van der Waals surface area contributed by atoms with Crippen molar-refractivity contribution in [1.29, 1.82) is 0 Å². The number of rotatable bonds is 3. The standard InChI is InChI=1S/C8H18N2O2.2ClH/c11-7-8(12)6-10-4-1-2-9-3-5-10;;/h8-9,11-12H,1-7H2;2*1H. The molecule has 0 radical (unpaired) electrons. The first-order chi connectivity index (χ1) is 5.83. The molecule has 0 aromatic rings. The van der Waals surface area contributed by atoms with Gasteiger partial charge < -0.3 is 15.5 Å². The minimum Gasteiger partial charge on any atom is -0.394 e. The highest BCUT2D eigenvalue weighted by Crippen LogP contribution is 1.96. The monoisotopic (exact) mass is 246 g/mol. The Labute approximate surface area is 97.5 Å². The SMILES string of the molecule is Cl.Cl.OCC(O)CN1CCCNCC1. The predicted octanol–water partition coefficient (Wildman–Crippen LogP) is -0.522.